The third kappa shape index (κ3) is 6.17. The van der Waals surface area contributed by atoms with E-state index < -0.39 is 0 Å². The number of aryl methyl sites for hydroxylation is 1. The second kappa shape index (κ2) is 11.1. The number of nitrogens with one attached hydrogen (secondary N) is 2. The highest BCUT2D eigenvalue weighted by atomic mass is 127. The maximum Gasteiger partial charge on any atom is 0.191 e. The molecule has 156 valence electrons. The van der Waals surface area contributed by atoms with Gasteiger partial charge >= 0.3 is 0 Å². The summed E-state index contributed by atoms with van der Waals surface area (Å²) in [6.07, 6.45) is 7.59. The molecule has 3 rings (SSSR count). The zero-order valence-electron chi connectivity index (χ0n) is 17.2. The molecule has 2 heterocycles. The summed E-state index contributed by atoms with van der Waals surface area (Å²) in [6.45, 7) is 6.68. The van der Waals surface area contributed by atoms with Crippen LogP contribution in [0.4, 0.5) is 0 Å². The van der Waals surface area contributed by atoms with Crippen LogP contribution in [0.2, 0.25) is 0 Å². The first-order valence-corrected chi connectivity index (χ1v) is 10.9. The van der Waals surface area contributed by atoms with Crippen molar-refractivity contribution < 1.29 is 0 Å². The topological polar surface area (TPSA) is 67.1 Å². The maximum atomic E-state index is 4.79. The van der Waals surface area contributed by atoms with E-state index in [-0.39, 0.29) is 24.0 Å². The number of aliphatic imine (C=N–C) groups is 1. The first-order chi connectivity index (χ1) is 13.1. The van der Waals surface area contributed by atoms with E-state index in [9.17, 15) is 0 Å². The van der Waals surface area contributed by atoms with Crippen molar-refractivity contribution in [2.45, 2.75) is 58.9 Å². The van der Waals surface area contributed by atoms with Crippen LogP contribution in [-0.4, -0.2) is 33.8 Å². The van der Waals surface area contributed by atoms with Gasteiger partial charge in [-0.25, -0.2) is 4.99 Å². The van der Waals surface area contributed by atoms with E-state index >= 15 is 0 Å². The van der Waals surface area contributed by atoms with Gasteiger partial charge in [0.05, 0.1) is 0 Å². The second-order valence-corrected chi connectivity index (χ2v) is 8.59. The highest BCUT2D eigenvalue weighted by molar-refractivity contribution is 14.0. The van der Waals surface area contributed by atoms with Crippen molar-refractivity contribution in [1.82, 2.24) is 25.4 Å². The lowest BCUT2D eigenvalue weighted by atomic mass is 9.83. The summed E-state index contributed by atoms with van der Waals surface area (Å²) in [4.78, 5) is 6.18. The van der Waals surface area contributed by atoms with Crippen LogP contribution in [0.25, 0.3) is 0 Å². The van der Waals surface area contributed by atoms with Crippen LogP contribution < -0.4 is 10.6 Å². The molecular formula is C20H33IN6S. The van der Waals surface area contributed by atoms with Crippen LogP contribution in [0, 0.1) is 12.3 Å². The molecule has 0 radical (unpaired) electrons. The predicted octanol–water partition coefficient (Wildman–Crippen LogP) is 4.05. The molecule has 0 bridgehead atoms. The SMILES string of the molecule is CCC1(CNC(=NCc2nnc(C)n2C)NCCc2cccs2)CCCC1.I. The largest absolute Gasteiger partial charge is 0.356 e. The molecule has 8 heteroatoms. The van der Waals surface area contributed by atoms with E-state index in [1.165, 1.54) is 37.0 Å². The highest BCUT2D eigenvalue weighted by Crippen LogP contribution is 2.40. The summed E-state index contributed by atoms with van der Waals surface area (Å²) in [6, 6.07) is 4.29. The summed E-state index contributed by atoms with van der Waals surface area (Å²) in [7, 11) is 1.99. The minimum atomic E-state index is 0. The molecule has 0 amide bonds. The first-order valence-electron chi connectivity index (χ1n) is 10.0. The minimum absolute atomic E-state index is 0. The van der Waals surface area contributed by atoms with Crippen molar-refractivity contribution in [1.29, 1.82) is 0 Å². The molecule has 6 nitrogen and oxygen atoms in total. The summed E-state index contributed by atoms with van der Waals surface area (Å²) in [5.74, 6) is 2.68. The number of hydrogen-bond acceptors (Lipinski definition) is 4. The van der Waals surface area contributed by atoms with Gasteiger partial charge in [-0.1, -0.05) is 25.8 Å². The van der Waals surface area contributed by atoms with Gasteiger partial charge in [-0.15, -0.1) is 45.5 Å². The lowest BCUT2D eigenvalue weighted by Crippen LogP contribution is -2.43. The van der Waals surface area contributed by atoms with Crippen molar-refractivity contribution in [2.75, 3.05) is 13.1 Å². The summed E-state index contributed by atoms with van der Waals surface area (Å²) in [5, 5.41) is 17.6. The average Bonchev–Trinajstić information content (AvgIpc) is 3.42. The van der Waals surface area contributed by atoms with Gasteiger partial charge in [-0.05, 0) is 49.5 Å². The Bertz CT molecular complexity index is 734. The normalized spacial score (nSPS) is 16.0. The Hall–Kier alpha value is -1.16. The van der Waals surface area contributed by atoms with Crippen molar-refractivity contribution in [3.8, 4) is 0 Å². The predicted molar refractivity (Wildman–Crippen MR) is 128 cm³/mol. The van der Waals surface area contributed by atoms with E-state index in [1.807, 2.05) is 18.5 Å². The van der Waals surface area contributed by atoms with Gasteiger partial charge < -0.3 is 15.2 Å². The number of rotatable bonds is 8. The molecule has 0 aliphatic heterocycles. The summed E-state index contributed by atoms with van der Waals surface area (Å²) < 4.78 is 2.00. The average molecular weight is 516 g/mol. The van der Waals surface area contributed by atoms with E-state index in [4.69, 9.17) is 4.99 Å². The zero-order chi connectivity index (χ0) is 19.1. The van der Waals surface area contributed by atoms with Crippen LogP contribution >= 0.6 is 35.3 Å². The molecule has 2 N–H and O–H groups in total. The number of aromatic nitrogens is 3. The molecule has 28 heavy (non-hydrogen) atoms. The molecule has 0 unspecified atom stereocenters. The van der Waals surface area contributed by atoms with Crippen molar-refractivity contribution in [3.05, 3.63) is 34.0 Å². The molecule has 1 fully saturated rings. The van der Waals surface area contributed by atoms with Crippen molar-refractivity contribution in [3.63, 3.8) is 0 Å². The third-order valence-electron chi connectivity index (χ3n) is 5.85. The molecule has 1 aliphatic rings. The summed E-state index contributed by atoms with van der Waals surface area (Å²) >= 11 is 1.80. The standard InChI is InChI=1S/C20H32N6S.HI/c1-4-20(10-5-6-11-20)15-23-19(21-12-9-17-8-7-13-27-17)22-14-18-25-24-16(2)26(18)3;/h7-8,13H,4-6,9-12,14-15H2,1-3H3,(H2,21,22,23);1H. The van der Waals surface area contributed by atoms with E-state index in [0.717, 1.165) is 37.1 Å². The van der Waals surface area contributed by atoms with Gasteiger partial charge in [-0.2, -0.15) is 0 Å². The Morgan fingerprint density at radius 2 is 2.07 bits per heavy atom. The second-order valence-electron chi connectivity index (χ2n) is 7.56. The number of nitrogens with zero attached hydrogens (tertiary/aromatic N) is 4. The Labute approximate surface area is 189 Å². The van der Waals surface area contributed by atoms with Gasteiger partial charge in [0, 0.05) is 25.0 Å². The Kier molecular flexibility index (Phi) is 9.20. The van der Waals surface area contributed by atoms with Crippen molar-refractivity contribution >= 4 is 41.3 Å². The molecule has 1 saturated carbocycles. The van der Waals surface area contributed by atoms with Crippen LogP contribution in [-0.2, 0) is 20.0 Å². The highest BCUT2D eigenvalue weighted by Gasteiger charge is 2.31. The molecule has 0 atom stereocenters. The lowest BCUT2D eigenvalue weighted by molar-refractivity contribution is 0.283. The van der Waals surface area contributed by atoms with Gasteiger partial charge in [-0.3, -0.25) is 0 Å². The molecule has 0 saturated heterocycles. The Balaban J connectivity index is 0.00000280. The number of thiophene rings is 1. The fraction of sp³-hybridized carbons (Fsp3) is 0.650. The smallest absolute Gasteiger partial charge is 0.191 e. The third-order valence-corrected chi connectivity index (χ3v) is 6.79. The van der Waals surface area contributed by atoms with Crippen molar-refractivity contribution in [2.24, 2.45) is 17.5 Å². The minimum Gasteiger partial charge on any atom is -0.356 e. The monoisotopic (exact) mass is 516 g/mol. The molecule has 2 aromatic heterocycles. The molecule has 0 spiro atoms. The van der Waals surface area contributed by atoms with Gasteiger partial charge in [0.15, 0.2) is 11.8 Å². The molecule has 2 aromatic rings. The molecule has 0 aromatic carbocycles. The van der Waals surface area contributed by atoms with Gasteiger partial charge in [0.1, 0.15) is 12.4 Å². The quantitative estimate of drug-likeness (QED) is 0.316. The van der Waals surface area contributed by atoms with Crippen LogP contribution in [0.1, 0.15) is 55.6 Å². The molecular weight excluding hydrogens is 483 g/mol. The zero-order valence-corrected chi connectivity index (χ0v) is 20.3. The van der Waals surface area contributed by atoms with Crippen LogP contribution in [0.3, 0.4) is 0 Å². The Morgan fingerprint density at radius 3 is 2.68 bits per heavy atom. The lowest BCUT2D eigenvalue weighted by Gasteiger charge is -2.28. The summed E-state index contributed by atoms with van der Waals surface area (Å²) in [5.41, 5.74) is 0.428. The van der Waals surface area contributed by atoms with Gasteiger partial charge in [0.25, 0.3) is 0 Å². The van der Waals surface area contributed by atoms with E-state index in [1.54, 1.807) is 11.3 Å². The fourth-order valence-electron chi connectivity index (χ4n) is 3.72. The van der Waals surface area contributed by atoms with E-state index in [0.29, 0.717) is 12.0 Å². The van der Waals surface area contributed by atoms with E-state index in [2.05, 4.69) is 45.3 Å². The Morgan fingerprint density at radius 1 is 1.29 bits per heavy atom. The fourth-order valence-corrected chi connectivity index (χ4v) is 4.43. The first kappa shape index (κ1) is 23.1. The van der Waals surface area contributed by atoms with Crippen LogP contribution in [0.15, 0.2) is 22.5 Å². The van der Waals surface area contributed by atoms with Gasteiger partial charge in [0.2, 0.25) is 0 Å². The maximum absolute atomic E-state index is 4.79. The number of halogens is 1. The molecule has 1 aliphatic carbocycles. The number of hydrogen-bond donors (Lipinski definition) is 2. The number of guanidine groups is 1. The van der Waals surface area contributed by atoms with Crippen LogP contribution in [0.5, 0.6) is 0 Å².